The Morgan fingerprint density at radius 3 is 2.90 bits per heavy atom. The lowest BCUT2D eigenvalue weighted by Gasteiger charge is -2.00. The first-order valence-electron chi connectivity index (χ1n) is 7.43. The van der Waals surface area contributed by atoms with Crippen molar-refractivity contribution in [1.82, 2.24) is 19.9 Å². The van der Waals surface area contributed by atoms with Crippen molar-refractivity contribution in [3.05, 3.63) is 54.8 Å². The number of rotatable bonds is 1. The second-order valence-electron chi connectivity index (χ2n) is 4.30. The van der Waals surface area contributed by atoms with Gasteiger partial charge in [-0.3, -0.25) is 4.98 Å². The number of aromatic nitrogens is 4. The lowest BCUT2D eigenvalue weighted by Crippen LogP contribution is -1.87. The largest absolute Gasteiger partial charge is 0.339 e. The number of H-pyrrole nitrogens is 1. The summed E-state index contributed by atoms with van der Waals surface area (Å²) in [5, 5.41) is 1.31. The number of hydrogen-bond acceptors (Lipinski definition) is 3. The van der Waals surface area contributed by atoms with Crippen LogP contribution in [0.5, 0.6) is 0 Å². The van der Waals surface area contributed by atoms with E-state index in [0.717, 1.165) is 0 Å². The molecule has 0 aliphatic rings. The number of nitrogens with one attached hydrogen (secondary N) is 1. The minimum Gasteiger partial charge on any atom is -0.339 e. The standard InChI is InChI=1S/C15H9FN4/c16-14-4-1-9(7-18-14)12-3-2-10-11-8-17-6-5-13(11)20-15(10)19-12/h1-8H,(H,19,20)/i6D,7D,8D. The lowest BCUT2D eigenvalue weighted by molar-refractivity contribution is 0.584. The molecule has 0 unspecified atom stereocenters. The summed E-state index contributed by atoms with van der Waals surface area (Å²) in [4.78, 5) is 14.8. The smallest absolute Gasteiger partial charge is 0.212 e. The van der Waals surface area contributed by atoms with Crippen molar-refractivity contribution in [1.29, 1.82) is 0 Å². The molecule has 0 bridgehead atoms. The average molecular weight is 267 g/mol. The molecule has 4 aromatic rings. The third-order valence-corrected chi connectivity index (χ3v) is 3.07. The topological polar surface area (TPSA) is 54.5 Å². The second kappa shape index (κ2) is 4.09. The van der Waals surface area contributed by atoms with Crippen molar-refractivity contribution >= 4 is 21.9 Å². The molecule has 0 spiro atoms. The maximum absolute atomic E-state index is 13.0. The average Bonchev–Trinajstić information content (AvgIpc) is 2.84. The fraction of sp³-hybridized carbons (Fsp3) is 0. The lowest BCUT2D eigenvalue weighted by atomic mass is 10.1. The molecule has 0 aliphatic carbocycles. The predicted octanol–water partition coefficient (Wildman–Crippen LogP) is 3.31. The monoisotopic (exact) mass is 267 g/mol. The maximum Gasteiger partial charge on any atom is 0.212 e. The van der Waals surface area contributed by atoms with Crippen LogP contribution in [0.15, 0.2) is 48.9 Å². The molecule has 0 aliphatic heterocycles. The Bertz CT molecular complexity index is 1080. The fourth-order valence-electron chi connectivity index (χ4n) is 2.14. The van der Waals surface area contributed by atoms with Gasteiger partial charge in [-0.15, -0.1) is 0 Å². The van der Waals surface area contributed by atoms with Gasteiger partial charge in [0.2, 0.25) is 5.95 Å². The van der Waals surface area contributed by atoms with Gasteiger partial charge >= 0.3 is 0 Å². The molecule has 96 valence electrons. The van der Waals surface area contributed by atoms with Gasteiger partial charge in [0.1, 0.15) is 5.65 Å². The summed E-state index contributed by atoms with van der Waals surface area (Å²) < 4.78 is 36.3. The second-order valence-corrected chi connectivity index (χ2v) is 4.30. The molecule has 0 atom stereocenters. The van der Waals surface area contributed by atoms with Crippen LogP contribution in [-0.4, -0.2) is 19.9 Å². The number of nitrogens with zero attached hydrogens (tertiary/aromatic N) is 3. The maximum atomic E-state index is 13.0. The Hall–Kier alpha value is -2.82. The highest BCUT2D eigenvalue weighted by molar-refractivity contribution is 6.05. The number of pyridine rings is 3. The summed E-state index contributed by atoms with van der Waals surface area (Å²) in [7, 11) is 0. The van der Waals surface area contributed by atoms with Gasteiger partial charge in [-0.1, -0.05) is 0 Å². The van der Waals surface area contributed by atoms with E-state index < -0.39 is 5.95 Å². The Balaban J connectivity index is 1.98. The van der Waals surface area contributed by atoms with Crippen LogP contribution in [0, 0.1) is 5.95 Å². The third-order valence-electron chi connectivity index (χ3n) is 3.07. The first-order valence-corrected chi connectivity index (χ1v) is 5.93. The minimum atomic E-state index is -0.710. The van der Waals surface area contributed by atoms with Gasteiger partial charge in [-0.2, -0.15) is 4.39 Å². The highest BCUT2D eigenvalue weighted by Gasteiger charge is 2.07. The summed E-state index contributed by atoms with van der Waals surface area (Å²) in [6.07, 6.45) is -0.173. The van der Waals surface area contributed by atoms with Gasteiger partial charge in [0, 0.05) is 34.9 Å². The molecular weight excluding hydrogens is 255 g/mol. The summed E-state index contributed by atoms with van der Waals surface area (Å²) in [5.41, 5.74) is 2.02. The molecule has 0 amide bonds. The molecule has 0 radical (unpaired) electrons. The van der Waals surface area contributed by atoms with Crippen LogP contribution in [0.25, 0.3) is 33.2 Å². The van der Waals surface area contributed by atoms with Gasteiger partial charge in [0.25, 0.3) is 0 Å². The molecular formula is C15H9FN4. The summed E-state index contributed by atoms with van der Waals surface area (Å²) in [6.45, 7) is 0. The zero-order valence-electron chi connectivity index (χ0n) is 13.1. The molecule has 0 saturated heterocycles. The van der Waals surface area contributed by atoms with E-state index in [9.17, 15) is 4.39 Å². The summed E-state index contributed by atoms with van der Waals surface area (Å²) in [6, 6.07) is 7.63. The van der Waals surface area contributed by atoms with E-state index >= 15 is 0 Å². The van der Waals surface area contributed by atoms with Crippen molar-refractivity contribution < 1.29 is 8.50 Å². The Morgan fingerprint density at radius 1 is 1.05 bits per heavy atom. The van der Waals surface area contributed by atoms with Crippen molar-refractivity contribution in [3.8, 4) is 11.3 Å². The van der Waals surface area contributed by atoms with Crippen LogP contribution in [-0.2, 0) is 0 Å². The fourth-order valence-corrected chi connectivity index (χ4v) is 2.14. The van der Waals surface area contributed by atoms with Gasteiger partial charge in [-0.25, -0.2) is 9.97 Å². The predicted molar refractivity (Wildman–Crippen MR) is 74.6 cm³/mol. The normalized spacial score (nSPS) is 13.3. The first-order chi connectivity index (χ1) is 11.0. The molecule has 5 heteroatoms. The van der Waals surface area contributed by atoms with E-state index in [0.29, 0.717) is 33.2 Å². The van der Waals surface area contributed by atoms with Crippen molar-refractivity contribution in [3.63, 3.8) is 0 Å². The van der Waals surface area contributed by atoms with Gasteiger partial charge < -0.3 is 4.98 Å². The number of aromatic amines is 1. The zero-order valence-corrected chi connectivity index (χ0v) is 10.1. The van der Waals surface area contributed by atoms with Gasteiger partial charge in [0.15, 0.2) is 0 Å². The molecule has 0 aromatic carbocycles. The van der Waals surface area contributed by atoms with E-state index in [1.54, 1.807) is 12.1 Å². The molecule has 4 rings (SSSR count). The minimum absolute atomic E-state index is 0.00505. The van der Waals surface area contributed by atoms with Crippen LogP contribution < -0.4 is 0 Å². The molecule has 0 saturated carbocycles. The molecule has 20 heavy (non-hydrogen) atoms. The van der Waals surface area contributed by atoms with Crippen molar-refractivity contribution in [2.45, 2.75) is 0 Å². The highest BCUT2D eigenvalue weighted by Crippen LogP contribution is 2.26. The van der Waals surface area contributed by atoms with Crippen molar-refractivity contribution in [2.75, 3.05) is 0 Å². The highest BCUT2D eigenvalue weighted by atomic mass is 19.1. The Labute approximate surface area is 117 Å². The summed E-state index contributed by atoms with van der Waals surface area (Å²) in [5.74, 6) is -0.710. The molecule has 1 N–H and O–H groups in total. The number of halogens is 1. The van der Waals surface area contributed by atoms with Gasteiger partial charge in [0.05, 0.1) is 15.3 Å². The quantitative estimate of drug-likeness (QED) is 0.538. The van der Waals surface area contributed by atoms with E-state index in [2.05, 4.69) is 19.9 Å². The zero-order chi connectivity index (χ0) is 16.1. The van der Waals surface area contributed by atoms with E-state index in [1.165, 1.54) is 18.2 Å². The summed E-state index contributed by atoms with van der Waals surface area (Å²) >= 11 is 0. The molecule has 0 fully saturated rings. The third kappa shape index (κ3) is 1.64. The number of fused-ring (bicyclic) bond motifs is 3. The Morgan fingerprint density at radius 2 is 2.00 bits per heavy atom. The number of hydrogen-bond donors (Lipinski definition) is 1. The van der Waals surface area contributed by atoms with E-state index in [4.69, 9.17) is 4.11 Å². The molecule has 4 aromatic heterocycles. The van der Waals surface area contributed by atoms with Crippen LogP contribution in [0.2, 0.25) is 0 Å². The van der Waals surface area contributed by atoms with Crippen LogP contribution in [0.4, 0.5) is 4.39 Å². The van der Waals surface area contributed by atoms with Crippen LogP contribution in [0.1, 0.15) is 4.11 Å². The Kier molecular flexibility index (Phi) is 1.71. The molecule has 4 heterocycles. The SMILES string of the molecule is [2H]c1cc2[nH]c3nc(-c4ccc(F)nc4[2H])ccc3c2c([2H])n1. The molecule has 4 nitrogen and oxygen atoms in total. The first kappa shape index (κ1) is 8.37. The van der Waals surface area contributed by atoms with Crippen LogP contribution >= 0.6 is 0 Å². The van der Waals surface area contributed by atoms with Crippen LogP contribution in [0.3, 0.4) is 0 Å². The van der Waals surface area contributed by atoms with Gasteiger partial charge in [-0.05, 0) is 30.3 Å². The van der Waals surface area contributed by atoms with Crippen molar-refractivity contribution in [2.24, 2.45) is 0 Å². The van der Waals surface area contributed by atoms with E-state index in [-0.39, 0.29) is 18.5 Å². The van der Waals surface area contributed by atoms with E-state index in [1.807, 2.05) is 0 Å².